The summed E-state index contributed by atoms with van der Waals surface area (Å²) in [5, 5.41) is 0. The van der Waals surface area contributed by atoms with E-state index in [1.807, 2.05) is 12.1 Å². The van der Waals surface area contributed by atoms with Gasteiger partial charge in [0.2, 0.25) is 10.0 Å². The van der Waals surface area contributed by atoms with Gasteiger partial charge >= 0.3 is 0 Å². The highest BCUT2D eigenvalue weighted by atomic mass is 32.2. The first-order chi connectivity index (χ1) is 12.8. The first-order valence-electron chi connectivity index (χ1n) is 9.29. The summed E-state index contributed by atoms with van der Waals surface area (Å²) >= 11 is 0. The second kappa shape index (κ2) is 7.97. The fourth-order valence-corrected chi connectivity index (χ4v) is 4.56. The molecule has 1 aliphatic rings. The Hall–Kier alpha value is -1.95. The van der Waals surface area contributed by atoms with Gasteiger partial charge in [0, 0.05) is 20.0 Å². The Morgan fingerprint density at radius 1 is 0.889 bits per heavy atom. The monoisotopic (exact) mass is 384 g/mol. The predicted octanol–water partition coefficient (Wildman–Crippen LogP) is 3.89. The minimum atomic E-state index is -3.46. The molecule has 0 aromatic heterocycles. The molecule has 5 heteroatoms. The molecule has 1 unspecified atom stereocenters. The fourth-order valence-electron chi connectivity index (χ4n) is 3.63. The topological polar surface area (TPSA) is 40.6 Å². The molecular weight excluding hydrogens is 356 g/mol. The summed E-state index contributed by atoms with van der Waals surface area (Å²) in [4.78, 5) is 2.55. The highest BCUT2D eigenvalue weighted by molar-refractivity contribution is 7.89. The molecular formula is C22H28N2O2S. The van der Waals surface area contributed by atoms with Crippen molar-refractivity contribution in [1.29, 1.82) is 0 Å². The van der Waals surface area contributed by atoms with E-state index >= 15 is 0 Å². The van der Waals surface area contributed by atoms with E-state index in [0.29, 0.717) is 4.90 Å². The predicted molar refractivity (Wildman–Crippen MR) is 112 cm³/mol. The molecule has 0 spiro atoms. The van der Waals surface area contributed by atoms with Crippen molar-refractivity contribution in [2.75, 3.05) is 34.7 Å². The van der Waals surface area contributed by atoms with E-state index in [4.69, 9.17) is 0 Å². The third kappa shape index (κ3) is 4.15. The van der Waals surface area contributed by atoms with Crippen LogP contribution in [0.1, 0.15) is 41.0 Å². The van der Waals surface area contributed by atoms with Crippen LogP contribution in [-0.4, -0.2) is 52.4 Å². The molecule has 0 heterocycles. The van der Waals surface area contributed by atoms with Gasteiger partial charge in [0.15, 0.2) is 0 Å². The second-order valence-electron chi connectivity index (χ2n) is 7.54. The maximum absolute atomic E-state index is 12.7. The molecule has 144 valence electrons. The van der Waals surface area contributed by atoms with Gasteiger partial charge in [-0.05, 0) is 67.9 Å². The molecule has 0 bridgehead atoms. The molecule has 0 radical (unpaired) electrons. The first kappa shape index (κ1) is 19.8. The Bertz CT molecular complexity index is 947. The molecule has 0 aliphatic heterocycles. The zero-order valence-corrected chi connectivity index (χ0v) is 17.3. The van der Waals surface area contributed by atoms with Crippen LogP contribution in [0, 0.1) is 0 Å². The molecule has 0 N–H and O–H groups in total. The van der Waals surface area contributed by atoms with Gasteiger partial charge < -0.3 is 4.90 Å². The van der Waals surface area contributed by atoms with E-state index in [1.165, 1.54) is 15.4 Å². The standard InChI is InChI=1S/C22H28N2O2S/c1-23(2)15-7-10-21-20-9-6-5-8-17(20)11-12-18-13-14-19(16-22(18)21)27(25,26)24(3)4/h5-6,8-9,11-14,16,21H,7,10,15H2,1-4H3. The summed E-state index contributed by atoms with van der Waals surface area (Å²) in [6, 6.07) is 13.9. The Labute approximate surface area is 163 Å². The van der Waals surface area contributed by atoms with Gasteiger partial charge in [-0.3, -0.25) is 0 Å². The number of nitrogens with zero attached hydrogens (tertiary/aromatic N) is 2. The van der Waals surface area contributed by atoms with Gasteiger partial charge in [-0.25, -0.2) is 12.7 Å². The van der Waals surface area contributed by atoms with Gasteiger partial charge in [0.05, 0.1) is 4.90 Å². The van der Waals surface area contributed by atoms with Crippen LogP contribution in [0.3, 0.4) is 0 Å². The van der Waals surface area contributed by atoms with Crippen molar-refractivity contribution in [2.45, 2.75) is 23.7 Å². The van der Waals surface area contributed by atoms with Crippen molar-refractivity contribution in [3.63, 3.8) is 0 Å². The molecule has 0 fully saturated rings. The molecule has 4 nitrogen and oxygen atoms in total. The lowest BCUT2D eigenvalue weighted by atomic mass is 9.84. The Balaban J connectivity index is 2.10. The van der Waals surface area contributed by atoms with Crippen molar-refractivity contribution in [1.82, 2.24) is 9.21 Å². The number of sulfonamides is 1. The molecule has 0 amide bonds. The average molecular weight is 385 g/mol. The van der Waals surface area contributed by atoms with E-state index in [1.54, 1.807) is 20.2 Å². The van der Waals surface area contributed by atoms with E-state index in [2.05, 4.69) is 55.4 Å². The molecule has 27 heavy (non-hydrogen) atoms. The fraction of sp³-hybridized carbons (Fsp3) is 0.364. The Morgan fingerprint density at radius 2 is 1.56 bits per heavy atom. The smallest absolute Gasteiger partial charge is 0.242 e. The SMILES string of the molecule is CN(C)CCCC1c2ccccc2C=Cc2ccc(S(=O)(=O)N(C)C)cc21. The molecule has 1 aliphatic carbocycles. The van der Waals surface area contributed by atoms with E-state index in [9.17, 15) is 8.42 Å². The van der Waals surface area contributed by atoms with Crippen LogP contribution in [0.25, 0.3) is 12.2 Å². The van der Waals surface area contributed by atoms with Crippen molar-refractivity contribution in [3.05, 3.63) is 64.7 Å². The van der Waals surface area contributed by atoms with Crippen LogP contribution < -0.4 is 0 Å². The Morgan fingerprint density at radius 3 is 2.22 bits per heavy atom. The number of benzene rings is 2. The average Bonchev–Trinajstić information content (AvgIpc) is 2.78. The third-order valence-corrected chi connectivity index (χ3v) is 6.94. The molecule has 0 saturated heterocycles. The Kier molecular flexibility index (Phi) is 5.84. The molecule has 0 saturated carbocycles. The summed E-state index contributed by atoms with van der Waals surface area (Å²) in [5.41, 5.74) is 4.67. The van der Waals surface area contributed by atoms with Crippen LogP contribution in [0.4, 0.5) is 0 Å². The van der Waals surface area contributed by atoms with Crippen LogP contribution in [0.15, 0.2) is 47.4 Å². The molecule has 3 rings (SSSR count). The third-order valence-electron chi connectivity index (χ3n) is 5.12. The normalized spacial score (nSPS) is 16.3. The van der Waals surface area contributed by atoms with Crippen molar-refractivity contribution < 1.29 is 8.42 Å². The second-order valence-corrected chi connectivity index (χ2v) is 9.69. The van der Waals surface area contributed by atoms with Gasteiger partial charge in [-0.1, -0.05) is 42.5 Å². The lowest BCUT2D eigenvalue weighted by Gasteiger charge is -2.22. The summed E-state index contributed by atoms with van der Waals surface area (Å²) in [6.45, 7) is 1.01. The van der Waals surface area contributed by atoms with E-state index in [0.717, 1.165) is 30.5 Å². The maximum atomic E-state index is 12.7. The number of rotatable bonds is 6. The quantitative estimate of drug-likeness (QED) is 0.759. The van der Waals surface area contributed by atoms with Crippen molar-refractivity contribution in [2.24, 2.45) is 0 Å². The van der Waals surface area contributed by atoms with Crippen molar-refractivity contribution >= 4 is 22.2 Å². The number of hydrogen-bond donors (Lipinski definition) is 0. The highest BCUT2D eigenvalue weighted by Gasteiger charge is 2.25. The summed E-state index contributed by atoms with van der Waals surface area (Å²) in [7, 11) is 3.86. The lowest BCUT2D eigenvalue weighted by molar-refractivity contribution is 0.389. The summed E-state index contributed by atoms with van der Waals surface area (Å²) in [6.07, 6.45) is 6.28. The first-order valence-corrected chi connectivity index (χ1v) is 10.7. The zero-order valence-electron chi connectivity index (χ0n) is 16.5. The number of hydrogen-bond acceptors (Lipinski definition) is 3. The maximum Gasteiger partial charge on any atom is 0.242 e. The van der Waals surface area contributed by atoms with Crippen LogP contribution in [0.5, 0.6) is 0 Å². The minimum absolute atomic E-state index is 0.184. The van der Waals surface area contributed by atoms with Crippen LogP contribution in [0.2, 0.25) is 0 Å². The number of fused-ring (bicyclic) bond motifs is 2. The highest BCUT2D eigenvalue weighted by Crippen LogP contribution is 2.38. The summed E-state index contributed by atoms with van der Waals surface area (Å²) < 4.78 is 26.6. The van der Waals surface area contributed by atoms with Gasteiger partial charge in [-0.2, -0.15) is 0 Å². The van der Waals surface area contributed by atoms with Crippen molar-refractivity contribution in [3.8, 4) is 0 Å². The van der Waals surface area contributed by atoms with Crippen LogP contribution >= 0.6 is 0 Å². The molecule has 2 aromatic carbocycles. The lowest BCUT2D eigenvalue weighted by Crippen LogP contribution is -2.22. The zero-order chi connectivity index (χ0) is 19.6. The van der Waals surface area contributed by atoms with Gasteiger partial charge in [0.25, 0.3) is 0 Å². The van der Waals surface area contributed by atoms with E-state index in [-0.39, 0.29) is 5.92 Å². The van der Waals surface area contributed by atoms with Gasteiger partial charge in [0.1, 0.15) is 0 Å². The molecule has 2 aromatic rings. The minimum Gasteiger partial charge on any atom is -0.309 e. The summed E-state index contributed by atoms with van der Waals surface area (Å²) in [5.74, 6) is 0.184. The largest absolute Gasteiger partial charge is 0.309 e. The van der Waals surface area contributed by atoms with Gasteiger partial charge in [-0.15, -0.1) is 0 Å². The van der Waals surface area contributed by atoms with E-state index < -0.39 is 10.0 Å². The molecule has 1 atom stereocenters. The van der Waals surface area contributed by atoms with Crippen LogP contribution in [-0.2, 0) is 10.0 Å².